The predicted molar refractivity (Wildman–Crippen MR) is 251 cm³/mol. The quantitative estimate of drug-likeness (QED) is 0.130. The molecule has 278 valence electrons. The molecule has 0 bridgehead atoms. The Morgan fingerprint density at radius 2 is 1.27 bits per heavy atom. The van der Waals surface area contributed by atoms with Gasteiger partial charge in [-0.3, -0.25) is 4.57 Å². The summed E-state index contributed by atoms with van der Waals surface area (Å²) >= 11 is 0. The minimum absolute atomic E-state index is 0.0129. The highest BCUT2D eigenvalue weighted by atomic mass is 15.1. The van der Waals surface area contributed by atoms with Gasteiger partial charge in [0, 0.05) is 33.1 Å². The van der Waals surface area contributed by atoms with Crippen LogP contribution in [0.2, 0.25) is 0 Å². The number of hydrogen-bond acceptors (Lipinski definition) is 1. The van der Waals surface area contributed by atoms with E-state index in [0.717, 1.165) is 29.7 Å². The van der Waals surface area contributed by atoms with E-state index in [9.17, 15) is 0 Å². The van der Waals surface area contributed by atoms with Gasteiger partial charge in [0.05, 0.1) is 22.1 Å². The summed E-state index contributed by atoms with van der Waals surface area (Å²) < 4.78 is 5.09. The van der Waals surface area contributed by atoms with Crippen LogP contribution >= 0.6 is 0 Å². The number of nitrogens with zero attached hydrogens (tertiary/aromatic N) is 3. The number of para-hydroxylation sites is 1. The number of benzene rings is 8. The Labute approximate surface area is 343 Å². The fourth-order valence-corrected chi connectivity index (χ4v) is 11.0. The maximum Gasteiger partial charge on any atom is 0.252 e. The minimum atomic E-state index is -0.0204. The summed E-state index contributed by atoms with van der Waals surface area (Å²) in [6.07, 6.45) is 9.32. The van der Waals surface area contributed by atoms with E-state index in [2.05, 4.69) is 194 Å². The minimum Gasteiger partial charge on any atom is -0.310 e. The number of imidazole rings is 1. The summed E-state index contributed by atoms with van der Waals surface area (Å²) in [6, 6.07) is 54.6. The smallest absolute Gasteiger partial charge is 0.252 e. The number of aromatic nitrogens is 3. The highest BCUT2D eigenvalue weighted by Gasteiger charge is 2.42. The van der Waals surface area contributed by atoms with Crippen LogP contribution in [0.3, 0.4) is 0 Å². The molecule has 0 amide bonds. The molecule has 0 saturated heterocycles. The van der Waals surface area contributed by atoms with Crippen molar-refractivity contribution in [2.75, 3.05) is 0 Å². The van der Waals surface area contributed by atoms with Crippen molar-refractivity contribution in [1.29, 1.82) is 0 Å². The summed E-state index contributed by atoms with van der Waals surface area (Å²) in [5.41, 5.74) is 18.9. The van der Waals surface area contributed by atoms with Crippen LogP contribution in [0.1, 0.15) is 44.7 Å². The zero-order valence-electron chi connectivity index (χ0n) is 33.4. The van der Waals surface area contributed by atoms with Gasteiger partial charge in [-0.15, -0.1) is 0 Å². The first kappa shape index (κ1) is 33.1. The topological polar surface area (TPSA) is 22.8 Å². The molecule has 2 aliphatic heterocycles. The lowest BCUT2D eigenvalue weighted by atomic mass is 9.34. The first-order chi connectivity index (χ1) is 29.0. The molecule has 10 aromatic rings. The van der Waals surface area contributed by atoms with Crippen molar-refractivity contribution < 1.29 is 0 Å². The van der Waals surface area contributed by atoms with Crippen molar-refractivity contribution in [3.63, 3.8) is 0 Å². The molecule has 13 rings (SSSR count). The third-order valence-corrected chi connectivity index (χ3v) is 13.5. The van der Waals surface area contributed by atoms with Gasteiger partial charge in [-0.1, -0.05) is 160 Å². The Morgan fingerprint density at radius 3 is 2.02 bits per heavy atom. The van der Waals surface area contributed by atoms with E-state index < -0.39 is 0 Å². The predicted octanol–water partition coefficient (Wildman–Crippen LogP) is 11.9. The van der Waals surface area contributed by atoms with E-state index in [0.29, 0.717) is 0 Å². The van der Waals surface area contributed by atoms with Crippen LogP contribution in [0.5, 0.6) is 0 Å². The lowest BCUT2D eigenvalue weighted by Gasteiger charge is -2.34. The SMILES string of the molecule is CC(C)(C)c1ccc2c3c4c(-c5ccccc5)c5ccccc5c(C5=CCCC=C5)c4cc4c3n(c2c1)-c1cccc2c1B4c1cccc3nc(-c4ccccc4)n-2c13. The van der Waals surface area contributed by atoms with Crippen molar-refractivity contribution in [3.05, 3.63) is 175 Å². The van der Waals surface area contributed by atoms with Gasteiger partial charge in [0.25, 0.3) is 6.71 Å². The fourth-order valence-electron chi connectivity index (χ4n) is 11.0. The molecule has 1 aliphatic carbocycles. The molecular formula is C55H40BN3. The summed E-state index contributed by atoms with van der Waals surface area (Å²) in [5.74, 6) is 0.985. The zero-order chi connectivity index (χ0) is 39.1. The lowest BCUT2D eigenvalue weighted by molar-refractivity contribution is 0.591. The Morgan fingerprint density at radius 1 is 0.559 bits per heavy atom. The maximum atomic E-state index is 5.39. The molecule has 0 unspecified atom stereocenters. The lowest BCUT2D eigenvalue weighted by Crippen LogP contribution is -2.59. The summed E-state index contributed by atoms with van der Waals surface area (Å²) in [6.45, 7) is 7.01. The van der Waals surface area contributed by atoms with Crippen LogP contribution < -0.4 is 16.4 Å². The van der Waals surface area contributed by atoms with Gasteiger partial charge < -0.3 is 4.57 Å². The number of fused-ring (bicyclic) bond motifs is 10. The number of hydrogen-bond donors (Lipinski definition) is 0. The summed E-state index contributed by atoms with van der Waals surface area (Å²) in [5, 5.41) is 7.88. The average molecular weight is 754 g/mol. The van der Waals surface area contributed by atoms with Crippen molar-refractivity contribution in [2.45, 2.75) is 39.0 Å². The van der Waals surface area contributed by atoms with Crippen molar-refractivity contribution in [3.8, 4) is 33.9 Å². The Bertz CT molecular complexity index is 3520. The van der Waals surface area contributed by atoms with Crippen LogP contribution in [0.15, 0.2) is 164 Å². The molecule has 0 saturated carbocycles. The van der Waals surface area contributed by atoms with E-state index in [4.69, 9.17) is 4.98 Å². The second-order valence-electron chi connectivity index (χ2n) is 17.7. The molecule has 59 heavy (non-hydrogen) atoms. The third kappa shape index (κ3) is 4.41. The normalized spacial score (nSPS) is 14.2. The van der Waals surface area contributed by atoms with Gasteiger partial charge in [0.2, 0.25) is 0 Å². The van der Waals surface area contributed by atoms with Crippen LogP contribution in [0.4, 0.5) is 0 Å². The Balaban J connectivity index is 1.29. The highest BCUT2D eigenvalue weighted by Crippen LogP contribution is 2.49. The standard InChI is InChI=1S/C55H40BN3/c1-55(2,3)36-29-30-39-46(31-36)58-44-27-16-28-45-51(44)56(41-25-15-26-43-52(41)59(45)54(57-43)35-21-11-6-12-22-35)42-32-40-47(33-17-7-4-8-18-33)37-23-13-14-24-38(37)48(34-19-9-5-10-20-34)49(40)50(39)53(42)58/h5-7,9-32H,4,8H2,1-3H3. The summed E-state index contributed by atoms with van der Waals surface area (Å²) in [7, 11) is 0. The molecule has 0 spiro atoms. The molecule has 4 heterocycles. The molecule has 0 radical (unpaired) electrons. The molecule has 3 aliphatic rings. The molecule has 0 fully saturated rings. The molecule has 8 aromatic carbocycles. The average Bonchev–Trinajstić information content (AvgIpc) is 3.84. The molecule has 4 heteroatoms. The zero-order valence-corrected chi connectivity index (χ0v) is 33.4. The van der Waals surface area contributed by atoms with Crippen LogP contribution in [-0.4, -0.2) is 20.8 Å². The Kier molecular flexibility index (Phi) is 6.64. The van der Waals surface area contributed by atoms with Crippen molar-refractivity contribution >= 4 is 83.1 Å². The second kappa shape index (κ2) is 11.8. The third-order valence-electron chi connectivity index (χ3n) is 13.5. The fraction of sp³-hybridized carbons (Fsp3) is 0.109. The van der Waals surface area contributed by atoms with Crippen LogP contribution in [-0.2, 0) is 5.41 Å². The number of rotatable bonds is 3. The van der Waals surface area contributed by atoms with Gasteiger partial charge in [0.1, 0.15) is 5.82 Å². The van der Waals surface area contributed by atoms with E-state index in [1.54, 1.807) is 0 Å². The largest absolute Gasteiger partial charge is 0.310 e. The van der Waals surface area contributed by atoms with Gasteiger partial charge in [-0.2, -0.15) is 0 Å². The molecule has 0 N–H and O–H groups in total. The molecule has 0 atom stereocenters. The van der Waals surface area contributed by atoms with Crippen LogP contribution in [0, 0.1) is 0 Å². The van der Waals surface area contributed by atoms with Gasteiger partial charge in [-0.05, 0) is 103 Å². The number of allylic oxidation sites excluding steroid dienone is 4. The van der Waals surface area contributed by atoms with E-state index in [1.165, 1.54) is 104 Å². The second-order valence-corrected chi connectivity index (χ2v) is 17.7. The first-order valence-electron chi connectivity index (χ1n) is 21.1. The van der Waals surface area contributed by atoms with Gasteiger partial charge in [0.15, 0.2) is 0 Å². The monoisotopic (exact) mass is 753 g/mol. The summed E-state index contributed by atoms with van der Waals surface area (Å²) in [4.78, 5) is 5.39. The highest BCUT2D eigenvalue weighted by molar-refractivity contribution is 7.00. The van der Waals surface area contributed by atoms with Crippen molar-refractivity contribution in [2.24, 2.45) is 0 Å². The molecule has 2 aromatic heterocycles. The maximum absolute atomic E-state index is 5.39. The van der Waals surface area contributed by atoms with E-state index >= 15 is 0 Å². The van der Waals surface area contributed by atoms with Crippen LogP contribution in [0.25, 0.3) is 93.8 Å². The molecule has 3 nitrogen and oxygen atoms in total. The van der Waals surface area contributed by atoms with E-state index in [1.807, 2.05) is 0 Å². The first-order valence-corrected chi connectivity index (χ1v) is 21.1. The Hall–Kier alpha value is -6.91. The van der Waals surface area contributed by atoms with Gasteiger partial charge >= 0.3 is 0 Å². The van der Waals surface area contributed by atoms with E-state index in [-0.39, 0.29) is 12.1 Å². The van der Waals surface area contributed by atoms with Gasteiger partial charge in [-0.25, -0.2) is 4.98 Å². The molecular weight excluding hydrogens is 713 g/mol. The van der Waals surface area contributed by atoms with Crippen molar-refractivity contribution in [1.82, 2.24) is 14.1 Å².